The molecule has 0 radical (unpaired) electrons. The number of fused-ring (bicyclic) bond motifs is 1. The van der Waals surface area contributed by atoms with Crippen molar-refractivity contribution < 1.29 is 9.53 Å². The van der Waals surface area contributed by atoms with Crippen LogP contribution in [0.2, 0.25) is 0 Å². The van der Waals surface area contributed by atoms with Crippen LogP contribution < -0.4 is 10.1 Å². The van der Waals surface area contributed by atoms with Crippen LogP contribution in [-0.2, 0) is 4.79 Å². The minimum Gasteiger partial charge on any atom is -0.493 e. The van der Waals surface area contributed by atoms with Crippen molar-refractivity contribution in [3.05, 3.63) is 58.1 Å². The molecular weight excluding hydrogens is 330 g/mol. The Morgan fingerprint density at radius 3 is 2.86 bits per heavy atom. The van der Waals surface area contributed by atoms with Crippen LogP contribution in [0.25, 0.3) is 11.6 Å². The van der Waals surface area contributed by atoms with Gasteiger partial charge in [0.1, 0.15) is 5.75 Å². The zero-order chi connectivity index (χ0) is 14.8. The summed E-state index contributed by atoms with van der Waals surface area (Å²) in [5.74, 6) is 0.693. The molecule has 0 fully saturated rings. The maximum Gasteiger partial charge on any atom is 0.256 e. The zero-order valence-corrected chi connectivity index (χ0v) is 13.1. The quantitative estimate of drug-likeness (QED) is 0.841. The Labute approximate surface area is 131 Å². The number of carbonyl (C=O) groups is 1. The standard InChI is InChI=1S/C17H14BrNO2/c1-2-21-16-6-4-3-5-11(16)9-14-13-10-12(18)7-8-15(13)19-17(14)20/h3-10H,2H2,1H3,(H,19,20). The first-order chi connectivity index (χ1) is 10.2. The molecule has 0 unspecified atom stereocenters. The number of hydrogen-bond donors (Lipinski definition) is 1. The summed E-state index contributed by atoms with van der Waals surface area (Å²) < 4.78 is 6.55. The Bertz CT molecular complexity index is 737. The summed E-state index contributed by atoms with van der Waals surface area (Å²) in [6, 6.07) is 13.5. The van der Waals surface area contributed by atoms with E-state index in [1.54, 1.807) is 0 Å². The van der Waals surface area contributed by atoms with E-state index in [0.29, 0.717) is 12.2 Å². The smallest absolute Gasteiger partial charge is 0.256 e. The van der Waals surface area contributed by atoms with Crippen molar-refractivity contribution in [3.8, 4) is 5.75 Å². The van der Waals surface area contributed by atoms with Crippen molar-refractivity contribution in [2.75, 3.05) is 11.9 Å². The average Bonchev–Trinajstić information content (AvgIpc) is 2.77. The second-order valence-corrected chi connectivity index (χ2v) is 5.59. The highest BCUT2D eigenvalue weighted by molar-refractivity contribution is 9.10. The molecule has 21 heavy (non-hydrogen) atoms. The van der Waals surface area contributed by atoms with Crippen LogP contribution >= 0.6 is 15.9 Å². The molecule has 0 atom stereocenters. The number of nitrogens with one attached hydrogen (secondary N) is 1. The number of anilines is 1. The van der Waals surface area contributed by atoms with E-state index in [1.807, 2.05) is 55.5 Å². The van der Waals surface area contributed by atoms with Crippen LogP contribution in [0.15, 0.2) is 46.9 Å². The largest absolute Gasteiger partial charge is 0.493 e. The zero-order valence-electron chi connectivity index (χ0n) is 11.5. The molecule has 2 aromatic rings. The van der Waals surface area contributed by atoms with Gasteiger partial charge in [-0.05, 0) is 37.3 Å². The highest BCUT2D eigenvalue weighted by Crippen LogP contribution is 2.36. The summed E-state index contributed by atoms with van der Waals surface area (Å²) in [5.41, 5.74) is 3.29. The summed E-state index contributed by atoms with van der Waals surface area (Å²) in [7, 11) is 0. The maximum atomic E-state index is 12.2. The maximum absolute atomic E-state index is 12.2. The van der Waals surface area contributed by atoms with Gasteiger partial charge in [0.25, 0.3) is 5.91 Å². The number of amides is 1. The van der Waals surface area contributed by atoms with Gasteiger partial charge in [-0.15, -0.1) is 0 Å². The lowest BCUT2D eigenvalue weighted by molar-refractivity contribution is -0.110. The predicted molar refractivity (Wildman–Crippen MR) is 88.3 cm³/mol. The predicted octanol–water partition coefficient (Wildman–Crippen LogP) is 4.34. The molecule has 3 rings (SSSR count). The summed E-state index contributed by atoms with van der Waals surface area (Å²) in [5, 5.41) is 2.88. The molecule has 106 valence electrons. The van der Waals surface area contributed by atoms with Gasteiger partial charge in [-0.2, -0.15) is 0 Å². The van der Waals surface area contributed by atoms with Gasteiger partial charge < -0.3 is 10.1 Å². The van der Waals surface area contributed by atoms with Crippen molar-refractivity contribution in [1.29, 1.82) is 0 Å². The molecule has 4 heteroatoms. The Morgan fingerprint density at radius 2 is 2.05 bits per heavy atom. The lowest BCUT2D eigenvalue weighted by atomic mass is 10.0. The molecule has 1 heterocycles. The van der Waals surface area contributed by atoms with Gasteiger partial charge >= 0.3 is 0 Å². The third kappa shape index (κ3) is 2.72. The van der Waals surface area contributed by atoms with E-state index >= 15 is 0 Å². The van der Waals surface area contributed by atoms with Crippen LogP contribution in [0.3, 0.4) is 0 Å². The number of rotatable bonds is 3. The topological polar surface area (TPSA) is 38.3 Å². The van der Waals surface area contributed by atoms with Crippen LogP contribution in [0.5, 0.6) is 5.75 Å². The van der Waals surface area contributed by atoms with E-state index in [4.69, 9.17) is 4.74 Å². The van der Waals surface area contributed by atoms with E-state index in [1.165, 1.54) is 0 Å². The fourth-order valence-electron chi connectivity index (χ4n) is 2.35. The molecule has 1 aliphatic rings. The minimum absolute atomic E-state index is 0.0885. The molecule has 0 bridgehead atoms. The monoisotopic (exact) mass is 343 g/mol. The average molecular weight is 344 g/mol. The summed E-state index contributed by atoms with van der Waals surface area (Å²) in [4.78, 5) is 12.2. The Morgan fingerprint density at radius 1 is 1.24 bits per heavy atom. The number of halogens is 1. The number of benzene rings is 2. The van der Waals surface area contributed by atoms with Crippen LogP contribution in [0.4, 0.5) is 5.69 Å². The first-order valence-electron chi connectivity index (χ1n) is 6.74. The Kier molecular flexibility index (Phi) is 3.80. The van der Waals surface area contributed by atoms with E-state index in [9.17, 15) is 4.79 Å². The van der Waals surface area contributed by atoms with Gasteiger partial charge in [-0.25, -0.2) is 0 Å². The van der Waals surface area contributed by atoms with Crippen molar-refractivity contribution >= 4 is 39.2 Å². The molecule has 2 aromatic carbocycles. The fourth-order valence-corrected chi connectivity index (χ4v) is 2.71. The molecule has 1 aliphatic heterocycles. The van der Waals surface area contributed by atoms with Gasteiger partial charge in [0.2, 0.25) is 0 Å². The van der Waals surface area contributed by atoms with Crippen molar-refractivity contribution in [2.45, 2.75) is 6.92 Å². The molecule has 3 nitrogen and oxygen atoms in total. The van der Waals surface area contributed by atoms with Crippen molar-refractivity contribution in [3.63, 3.8) is 0 Å². The molecule has 1 amide bonds. The minimum atomic E-state index is -0.0885. The summed E-state index contributed by atoms with van der Waals surface area (Å²) >= 11 is 3.45. The van der Waals surface area contributed by atoms with Gasteiger partial charge in [0, 0.05) is 26.9 Å². The van der Waals surface area contributed by atoms with E-state index < -0.39 is 0 Å². The van der Waals surface area contributed by atoms with Crippen LogP contribution in [0, 0.1) is 0 Å². The molecule has 0 saturated carbocycles. The highest BCUT2D eigenvalue weighted by atomic mass is 79.9. The fraction of sp³-hybridized carbons (Fsp3) is 0.118. The second-order valence-electron chi connectivity index (χ2n) is 4.67. The van der Waals surface area contributed by atoms with Crippen molar-refractivity contribution in [1.82, 2.24) is 0 Å². The molecule has 0 aromatic heterocycles. The molecular formula is C17H14BrNO2. The lowest BCUT2D eigenvalue weighted by Crippen LogP contribution is -2.03. The number of ether oxygens (including phenoxy) is 1. The normalized spacial score (nSPS) is 15.0. The highest BCUT2D eigenvalue weighted by Gasteiger charge is 2.24. The number of carbonyl (C=O) groups excluding carboxylic acids is 1. The van der Waals surface area contributed by atoms with Gasteiger partial charge in [0.05, 0.1) is 6.61 Å². The molecule has 0 saturated heterocycles. The van der Waals surface area contributed by atoms with E-state index in [2.05, 4.69) is 21.2 Å². The SMILES string of the molecule is CCOc1ccccc1C=C1C(=O)Nc2ccc(Br)cc21. The second kappa shape index (κ2) is 5.74. The number of para-hydroxylation sites is 1. The first-order valence-corrected chi connectivity index (χ1v) is 7.53. The van der Waals surface area contributed by atoms with E-state index in [0.717, 1.165) is 27.0 Å². The first kappa shape index (κ1) is 13.9. The van der Waals surface area contributed by atoms with Gasteiger partial charge in [-0.3, -0.25) is 4.79 Å². The van der Waals surface area contributed by atoms with Gasteiger partial charge in [-0.1, -0.05) is 34.1 Å². The summed E-state index contributed by atoms with van der Waals surface area (Å²) in [6.45, 7) is 2.53. The molecule has 0 spiro atoms. The summed E-state index contributed by atoms with van der Waals surface area (Å²) in [6.07, 6.45) is 1.87. The Hall–Kier alpha value is -2.07. The Balaban J connectivity index is 2.09. The van der Waals surface area contributed by atoms with Crippen molar-refractivity contribution in [2.24, 2.45) is 0 Å². The third-order valence-electron chi connectivity index (χ3n) is 3.28. The molecule has 0 aliphatic carbocycles. The lowest BCUT2D eigenvalue weighted by Gasteiger charge is -2.07. The van der Waals surface area contributed by atoms with Crippen LogP contribution in [0.1, 0.15) is 18.1 Å². The van der Waals surface area contributed by atoms with E-state index in [-0.39, 0.29) is 5.91 Å². The number of hydrogen-bond acceptors (Lipinski definition) is 2. The third-order valence-corrected chi connectivity index (χ3v) is 3.78. The van der Waals surface area contributed by atoms with Gasteiger partial charge in [0.15, 0.2) is 0 Å². The molecule has 1 N–H and O–H groups in total. The van der Waals surface area contributed by atoms with Crippen LogP contribution in [-0.4, -0.2) is 12.5 Å².